The summed E-state index contributed by atoms with van der Waals surface area (Å²) in [5.74, 6) is -5.63. The molecule has 0 aliphatic heterocycles. The molecule has 36 heavy (non-hydrogen) atoms. The van der Waals surface area contributed by atoms with E-state index in [2.05, 4.69) is 0 Å². The molecule has 0 aromatic heterocycles. The number of carbonyl (C=O) groups is 2. The zero-order valence-corrected chi connectivity index (χ0v) is 18.6. The highest BCUT2D eigenvalue weighted by atomic mass is 16.6. The van der Waals surface area contributed by atoms with Crippen LogP contribution in [0.1, 0.15) is 28.2 Å². The third kappa shape index (κ3) is 4.69. The predicted molar refractivity (Wildman–Crippen MR) is 125 cm³/mol. The van der Waals surface area contributed by atoms with Gasteiger partial charge >= 0.3 is 11.9 Å². The molecule has 0 bridgehead atoms. The fraction of sp³-hybridized carbons (Fsp3) is 0.154. The van der Waals surface area contributed by atoms with E-state index in [-0.39, 0.29) is 41.4 Å². The molecule has 7 N–H and O–H groups in total. The second kappa shape index (κ2) is 9.41. The Morgan fingerprint density at radius 1 is 0.833 bits per heavy atom. The van der Waals surface area contributed by atoms with E-state index in [9.17, 15) is 45.3 Å². The molecule has 10 nitrogen and oxygen atoms in total. The number of aromatic hydroxyl groups is 6. The number of rotatable bonds is 6. The van der Waals surface area contributed by atoms with Crippen LogP contribution in [0.5, 0.6) is 34.5 Å². The predicted octanol–water partition coefficient (Wildman–Crippen LogP) is 2.88. The Balaban J connectivity index is 1.70. The lowest BCUT2D eigenvalue weighted by molar-refractivity contribution is -0.161. The molecule has 0 radical (unpaired) electrons. The maximum atomic E-state index is 13.3. The van der Waals surface area contributed by atoms with Gasteiger partial charge in [-0.1, -0.05) is 18.2 Å². The zero-order valence-electron chi connectivity index (χ0n) is 18.6. The minimum Gasteiger partial charge on any atom is -0.504 e. The molecule has 0 fully saturated rings. The molecule has 2 atom stereocenters. The Kier molecular flexibility index (Phi) is 6.35. The van der Waals surface area contributed by atoms with Gasteiger partial charge in [0, 0.05) is 23.5 Å². The van der Waals surface area contributed by atoms with Crippen molar-refractivity contribution >= 4 is 18.0 Å². The quantitative estimate of drug-likeness (QED) is 0.198. The number of hydrogen-bond donors (Lipinski definition) is 7. The van der Waals surface area contributed by atoms with Crippen LogP contribution in [0.2, 0.25) is 0 Å². The topological polar surface area (TPSA) is 185 Å². The van der Waals surface area contributed by atoms with Gasteiger partial charge in [0.25, 0.3) is 0 Å². The first-order chi connectivity index (χ1) is 17.0. The van der Waals surface area contributed by atoms with Gasteiger partial charge in [-0.25, -0.2) is 9.59 Å². The molecule has 186 valence electrons. The summed E-state index contributed by atoms with van der Waals surface area (Å²) in [6, 6.07) is 10.4. The van der Waals surface area contributed by atoms with Crippen molar-refractivity contribution in [3.8, 4) is 34.5 Å². The number of phenolic OH excluding ortho intramolecular Hbond substituents is 6. The highest BCUT2D eigenvalue weighted by Gasteiger charge is 2.34. The van der Waals surface area contributed by atoms with Gasteiger partial charge in [0.2, 0.25) is 6.10 Å². The van der Waals surface area contributed by atoms with Gasteiger partial charge in [-0.05, 0) is 59.5 Å². The van der Waals surface area contributed by atoms with Crippen LogP contribution in [0.3, 0.4) is 0 Å². The maximum absolute atomic E-state index is 13.3. The van der Waals surface area contributed by atoms with Gasteiger partial charge in [0.1, 0.15) is 0 Å². The molecule has 0 amide bonds. The van der Waals surface area contributed by atoms with Gasteiger partial charge in [0.05, 0.1) is 0 Å². The van der Waals surface area contributed by atoms with Crippen LogP contribution in [0.15, 0.2) is 54.1 Å². The fourth-order valence-electron chi connectivity index (χ4n) is 4.11. The van der Waals surface area contributed by atoms with Crippen LogP contribution in [-0.2, 0) is 27.2 Å². The molecule has 0 heterocycles. The minimum absolute atomic E-state index is 0.00425. The molecule has 3 aromatic rings. The summed E-state index contributed by atoms with van der Waals surface area (Å²) in [4.78, 5) is 25.1. The first kappa shape index (κ1) is 24.3. The first-order valence-corrected chi connectivity index (χ1v) is 10.8. The largest absolute Gasteiger partial charge is 0.504 e. The lowest BCUT2D eigenvalue weighted by Gasteiger charge is -2.27. The van der Waals surface area contributed by atoms with E-state index in [0.717, 1.165) is 6.07 Å². The molecule has 10 heteroatoms. The monoisotopic (exact) mass is 494 g/mol. The SMILES string of the molecule is O=C(O[C@@H](Cc1ccc(O)c(O)c1)C(=O)O)C1=Cc2ccc(O)c(O)c2C[C@H]1c1ccc(O)c(O)c1. The third-order valence-corrected chi connectivity index (χ3v) is 6.02. The molecule has 3 aromatic carbocycles. The summed E-state index contributed by atoms with van der Waals surface area (Å²) in [6.07, 6.45) is -0.520. The van der Waals surface area contributed by atoms with E-state index < -0.39 is 35.5 Å². The average Bonchev–Trinajstić information content (AvgIpc) is 2.84. The molecule has 1 aliphatic carbocycles. The molecule has 1 aliphatic rings. The average molecular weight is 494 g/mol. The van der Waals surface area contributed by atoms with Crippen LogP contribution in [0, 0.1) is 0 Å². The van der Waals surface area contributed by atoms with Crippen LogP contribution in [0.4, 0.5) is 0 Å². The summed E-state index contributed by atoms with van der Waals surface area (Å²) >= 11 is 0. The number of fused-ring (bicyclic) bond motifs is 1. The maximum Gasteiger partial charge on any atom is 0.345 e. The molecule has 0 spiro atoms. The van der Waals surface area contributed by atoms with Crippen LogP contribution in [-0.4, -0.2) is 53.8 Å². The normalized spacial score (nSPS) is 15.4. The molecule has 4 rings (SSSR count). The fourth-order valence-corrected chi connectivity index (χ4v) is 4.11. The van der Waals surface area contributed by atoms with Crippen molar-refractivity contribution in [2.24, 2.45) is 0 Å². The third-order valence-electron chi connectivity index (χ3n) is 6.02. The number of aliphatic carboxylic acids is 1. The Hall–Kier alpha value is -4.86. The van der Waals surface area contributed by atoms with Crippen molar-refractivity contribution < 1.29 is 50.1 Å². The number of carbonyl (C=O) groups excluding carboxylic acids is 1. The van der Waals surface area contributed by atoms with Crippen molar-refractivity contribution in [1.82, 2.24) is 0 Å². The molecule has 0 saturated heterocycles. The van der Waals surface area contributed by atoms with Crippen molar-refractivity contribution in [3.05, 3.63) is 76.4 Å². The molecule has 0 saturated carbocycles. The Labute approximate surface area is 204 Å². The van der Waals surface area contributed by atoms with Gasteiger partial charge in [-0.15, -0.1) is 0 Å². The number of carboxylic acid groups (broad SMARTS) is 1. The van der Waals surface area contributed by atoms with E-state index in [0.29, 0.717) is 22.3 Å². The van der Waals surface area contributed by atoms with Crippen molar-refractivity contribution in [1.29, 1.82) is 0 Å². The number of esters is 1. The Morgan fingerprint density at radius 2 is 1.47 bits per heavy atom. The summed E-state index contributed by atoms with van der Waals surface area (Å²) in [6.45, 7) is 0. The van der Waals surface area contributed by atoms with Crippen molar-refractivity contribution in [2.75, 3.05) is 0 Å². The lowest BCUT2D eigenvalue weighted by Crippen LogP contribution is -2.31. The van der Waals surface area contributed by atoms with Crippen molar-refractivity contribution in [2.45, 2.75) is 24.9 Å². The second-order valence-corrected chi connectivity index (χ2v) is 8.36. The summed E-state index contributed by atoms with van der Waals surface area (Å²) in [5, 5.41) is 68.7. The van der Waals surface area contributed by atoms with Gasteiger partial charge in [-0.3, -0.25) is 0 Å². The summed E-state index contributed by atoms with van der Waals surface area (Å²) in [5.41, 5.74) is 1.44. The van der Waals surface area contributed by atoms with E-state index in [1.807, 2.05) is 0 Å². The van der Waals surface area contributed by atoms with Crippen LogP contribution in [0.25, 0.3) is 6.08 Å². The smallest absolute Gasteiger partial charge is 0.345 e. The van der Waals surface area contributed by atoms with Crippen LogP contribution >= 0.6 is 0 Å². The minimum atomic E-state index is -1.63. The lowest BCUT2D eigenvalue weighted by atomic mass is 9.79. The zero-order chi connectivity index (χ0) is 26.1. The van der Waals surface area contributed by atoms with Crippen molar-refractivity contribution in [3.63, 3.8) is 0 Å². The summed E-state index contributed by atoms with van der Waals surface area (Å²) < 4.78 is 5.33. The first-order valence-electron chi connectivity index (χ1n) is 10.8. The Bertz CT molecular complexity index is 1390. The number of ether oxygens (including phenoxy) is 1. The van der Waals surface area contributed by atoms with Gasteiger partial charge in [0.15, 0.2) is 34.5 Å². The number of benzene rings is 3. The van der Waals surface area contributed by atoms with E-state index in [4.69, 9.17) is 4.74 Å². The van der Waals surface area contributed by atoms with E-state index >= 15 is 0 Å². The van der Waals surface area contributed by atoms with E-state index in [1.54, 1.807) is 0 Å². The standard InChI is InChI=1S/C26H22O10/c27-18-4-1-12(7-21(18)30)8-23(25(33)34)36-26(35)17-9-13-3-6-20(29)24(32)16(13)11-15(17)14-2-5-19(28)22(31)10-14/h1-7,9-10,15,23,27-32H,8,11H2,(H,33,34)/t15-,23-/m0/s1. The highest BCUT2D eigenvalue weighted by molar-refractivity contribution is 5.98. The van der Waals surface area contributed by atoms with Gasteiger partial charge < -0.3 is 40.5 Å². The van der Waals surface area contributed by atoms with E-state index in [1.165, 1.54) is 48.5 Å². The second-order valence-electron chi connectivity index (χ2n) is 8.36. The molecule has 0 unspecified atom stereocenters. The van der Waals surface area contributed by atoms with Gasteiger partial charge in [-0.2, -0.15) is 0 Å². The summed E-state index contributed by atoms with van der Waals surface area (Å²) in [7, 11) is 0. The Morgan fingerprint density at radius 3 is 2.11 bits per heavy atom. The number of hydrogen-bond acceptors (Lipinski definition) is 9. The molecular weight excluding hydrogens is 472 g/mol. The molecular formula is C26H22O10. The number of carboxylic acids is 1. The highest BCUT2D eigenvalue weighted by Crippen LogP contribution is 2.44. The number of phenols is 6. The van der Waals surface area contributed by atoms with Crippen LogP contribution < -0.4 is 0 Å².